The van der Waals surface area contributed by atoms with Crippen LogP contribution in [0.1, 0.15) is 18.5 Å². The Labute approximate surface area is 197 Å². The van der Waals surface area contributed by atoms with Crippen molar-refractivity contribution in [3.63, 3.8) is 0 Å². The molecule has 3 aromatic rings. The molecule has 0 saturated carbocycles. The van der Waals surface area contributed by atoms with Crippen molar-refractivity contribution in [2.24, 2.45) is 0 Å². The van der Waals surface area contributed by atoms with Gasteiger partial charge in [0.15, 0.2) is 11.7 Å². The van der Waals surface area contributed by atoms with Gasteiger partial charge in [0.25, 0.3) is 0 Å². The molecule has 0 unspecified atom stereocenters. The van der Waals surface area contributed by atoms with Gasteiger partial charge in [0.05, 0.1) is 23.7 Å². The van der Waals surface area contributed by atoms with Crippen LogP contribution in [0.4, 0.5) is 15.9 Å². The van der Waals surface area contributed by atoms with Gasteiger partial charge in [0.2, 0.25) is 0 Å². The lowest BCUT2D eigenvalue weighted by Gasteiger charge is -2.37. The van der Waals surface area contributed by atoms with E-state index in [-0.39, 0.29) is 18.1 Å². The molecule has 1 saturated heterocycles. The number of carbonyl (C=O) groups excluding carboxylic acids is 1. The molecule has 176 valence electrons. The van der Waals surface area contributed by atoms with Crippen LogP contribution in [0.3, 0.4) is 0 Å². The van der Waals surface area contributed by atoms with Gasteiger partial charge >= 0.3 is 5.97 Å². The third-order valence-corrected chi connectivity index (χ3v) is 5.71. The van der Waals surface area contributed by atoms with Crippen molar-refractivity contribution in [3.05, 3.63) is 60.0 Å². The summed E-state index contributed by atoms with van der Waals surface area (Å²) in [5.74, 6) is -1.67. The molecule has 0 spiro atoms. The van der Waals surface area contributed by atoms with Crippen molar-refractivity contribution < 1.29 is 18.7 Å². The van der Waals surface area contributed by atoms with Gasteiger partial charge in [-0.25, -0.2) is 14.4 Å². The van der Waals surface area contributed by atoms with Gasteiger partial charge in [-0.1, -0.05) is 12.1 Å². The predicted octanol–water partition coefficient (Wildman–Crippen LogP) is 3.28. The second-order valence-corrected chi connectivity index (χ2v) is 8.14. The highest BCUT2D eigenvalue weighted by Crippen LogP contribution is 2.29. The van der Waals surface area contributed by atoms with Crippen molar-refractivity contribution >= 4 is 28.5 Å². The molecule has 0 amide bonds. The number of rotatable bonds is 7. The zero-order valence-corrected chi connectivity index (χ0v) is 19.1. The van der Waals surface area contributed by atoms with Gasteiger partial charge in [-0.3, -0.25) is 4.79 Å². The maximum absolute atomic E-state index is 13.3. The van der Waals surface area contributed by atoms with Crippen LogP contribution in [-0.2, 0) is 14.3 Å². The molecular weight excluding hydrogens is 437 g/mol. The molecule has 8 nitrogen and oxygen atoms in total. The Morgan fingerprint density at radius 3 is 2.29 bits per heavy atom. The lowest BCUT2D eigenvalue weighted by Crippen LogP contribution is -2.47. The number of ether oxygens (including phenoxy) is 2. The Bertz CT molecular complexity index is 1190. The fourth-order valence-electron chi connectivity index (χ4n) is 4.02. The maximum Gasteiger partial charge on any atom is 0.330 e. The van der Waals surface area contributed by atoms with Gasteiger partial charge < -0.3 is 19.3 Å². The molecule has 2 atom stereocenters. The van der Waals surface area contributed by atoms with E-state index in [1.54, 1.807) is 25.1 Å². The Morgan fingerprint density at radius 1 is 1.06 bits per heavy atom. The van der Waals surface area contributed by atoms with Crippen molar-refractivity contribution in [2.45, 2.75) is 18.9 Å². The molecular formula is C25H26FN5O3. The minimum Gasteiger partial charge on any atom is -0.459 e. The number of benzene rings is 2. The number of hydrogen-bond acceptors (Lipinski definition) is 8. The summed E-state index contributed by atoms with van der Waals surface area (Å²) in [6.07, 6.45) is -0.496. The van der Waals surface area contributed by atoms with Gasteiger partial charge in [-0.15, -0.1) is 0 Å². The summed E-state index contributed by atoms with van der Waals surface area (Å²) in [5, 5.41) is 9.89. The molecule has 1 aliphatic rings. The highest BCUT2D eigenvalue weighted by molar-refractivity contribution is 5.85. The van der Waals surface area contributed by atoms with E-state index in [1.807, 2.05) is 23.1 Å². The van der Waals surface area contributed by atoms with Gasteiger partial charge in [-0.05, 0) is 43.3 Å². The zero-order chi connectivity index (χ0) is 24.1. The molecule has 1 aliphatic heterocycles. The third-order valence-electron chi connectivity index (χ3n) is 5.71. The lowest BCUT2D eigenvalue weighted by atomic mass is 10.1. The van der Waals surface area contributed by atoms with Crippen LogP contribution in [0, 0.1) is 17.1 Å². The normalized spacial score (nSPS) is 15.6. The molecule has 1 aromatic heterocycles. The van der Waals surface area contributed by atoms with Crippen LogP contribution in [0.2, 0.25) is 0 Å². The van der Waals surface area contributed by atoms with Crippen molar-refractivity contribution in [1.29, 1.82) is 5.26 Å². The minimum absolute atomic E-state index is 0.228. The van der Waals surface area contributed by atoms with Gasteiger partial charge in [0.1, 0.15) is 17.6 Å². The summed E-state index contributed by atoms with van der Waals surface area (Å²) in [7, 11) is 1.52. The molecule has 34 heavy (non-hydrogen) atoms. The first kappa shape index (κ1) is 23.4. The van der Waals surface area contributed by atoms with Crippen LogP contribution < -0.4 is 9.80 Å². The molecule has 0 bridgehead atoms. The number of para-hydroxylation sites is 2. The topological polar surface area (TPSA) is 91.6 Å². The zero-order valence-electron chi connectivity index (χ0n) is 19.1. The summed E-state index contributed by atoms with van der Waals surface area (Å²) >= 11 is 0. The van der Waals surface area contributed by atoms with Crippen LogP contribution in [-0.4, -0.2) is 61.9 Å². The Kier molecular flexibility index (Phi) is 7.18. The standard InChI is InChI=1S/C25H26FN5O3/c1-17(16-33-2)34-25(32)20(15-27)23-24(29-22-6-4-3-5-21(22)28-23)31-13-11-30(12-14-31)19-9-7-18(26)8-10-19/h3-10,17,20H,11-14,16H2,1-2H3/t17-,20+/m0/s1. The van der Waals surface area contributed by atoms with Crippen LogP contribution in [0.5, 0.6) is 0 Å². The third kappa shape index (κ3) is 5.07. The van der Waals surface area contributed by atoms with Crippen molar-refractivity contribution in [2.75, 3.05) is 49.7 Å². The van der Waals surface area contributed by atoms with Crippen LogP contribution in [0.25, 0.3) is 11.0 Å². The number of piperazine rings is 1. The quantitative estimate of drug-likeness (QED) is 0.493. The largest absolute Gasteiger partial charge is 0.459 e. The lowest BCUT2D eigenvalue weighted by molar-refractivity contribution is -0.150. The average molecular weight is 464 g/mol. The van der Waals surface area contributed by atoms with E-state index in [0.29, 0.717) is 43.0 Å². The average Bonchev–Trinajstić information content (AvgIpc) is 2.85. The monoisotopic (exact) mass is 463 g/mol. The number of hydrogen-bond donors (Lipinski definition) is 0. The minimum atomic E-state index is -1.22. The first-order chi connectivity index (χ1) is 16.5. The summed E-state index contributed by atoms with van der Waals surface area (Å²) in [4.78, 5) is 26.5. The number of carbonyl (C=O) groups is 1. The number of halogens is 1. The molecule has 0 aliphatic carbocycles. The fourth-order valence-corrected chi connectivity index (χ4v) is 4.02. The number of aromatic nitrogens is 2. The van der Waals surface area contributed by atoms with E-state index in [1.165, 1.54) is 19.2 Å². The van der Waals surface area contributed by atoms with E-state index in [0.717, 1.165) is 5.69 Å². The Hall–Kier alpha value is -3.77. The van der Waals surface area contributed by atoms with Gasteiger partial charge in [-0.2, -0.15) is 5.26 Å². The van der Waals surface area contributed by atoms with E-state index < -0.39 is 18.0 Å². The maximum atomic E-state index is 13.3. The van der Waals surface area contributed by atoms with Crippen LogP contribution >= 0.6 is 0 Å². The fraction of sp³-hybridized carbons (Fsp3) is 0.360. The molecule has 0 N–H and O–H groups in total. The number of anilines is 2. The van der Waals surface area contributed by atoms with E-state index in [9.17, 15) is 14.4 Å². The number of fused-ring (bicyclic) bond motifs is 1. The van der Waals surface area contributed by atoms with E-state index in [4.69, 9.17) is 14.5 Å². The molecule has 1 fully saturated rings. The van der Waals surface area contributed by atoms with Gasteiger partial charge in [0, 0.05) is 39.0 Å². The number of methoxy groups -OCH3 is 1. The summed E-state index contributed by atoms with van der Waals surface area (Å²) < 4.78 is 23.7. The van der Waals surface area contributed by atoms with Crippen molar-refractivity contribution in [3.8, 4) is 6.07 Å². The molecule has 2 heterocycles. The molecule has 9 heteroatoms. The summed E-state index contributed by atoms with van der Waals surface area (Å²) in [6, 6.07) is 15.8. The summed E-state index contributed by atoms with van der Waals surface area (Å²) in [6.45, 7) is 4.48. The second kappa shape index (κ2) is 10.4. The number of esters is 1. The van der Waals surface area contributed by atoms with E-state index >= 15 is 0 Å². The SMILES string of the molecule is COC[C@H](C)OC(=O)[C@H](C#N)c1nc2ccccc2nc1N1CCN(c2ccc(F)cc2)CC1. The Morgan fingerprint density at radius 2 is 1.68 bits per heavy atom. The molecule has 2 aromatic carbocycles. The smallest absolute Gasteiger partial charge is 0.330 e. The Balaban J connectivity index is 1.62. The van der Waals surface area contributed by atoms with E-state index in [2.05, 4.69) is 16.0 Å². The first-order valence-electron chi connectivity index (χ1n) is 11.1. The predicted molar refractivity (Wildman–Crippen MR) is 126 cm³/mol. The summed E-state index contributed by atoms with van der Waals surface area (Å²) in [5.41, 5.74) is 2.51. The first-order valence-corrected chi connectivity index (χ1v) is 11.1. The highest BCUT2D eigenvalue weighted by atomic mass is 19.1. The molecule has 4 rings (SSSR count). The number of nitriles is 1. The highest BCUT2D eigenvalue weighted by Gasteiger charge is 2.32. The molecule has 0 radical (unpaired) electrons. The second-order valence-electron chi connectivity index (χ2n) is 8.14. The number of nitrogens with zero attached hydrogens (tertiary/aromatic N) is 5. The van der Waals surface area contributed by atoms with Crippen molar-refractivity contribution in [1.82, 2.24) is 9.97 Å². The van der Waals surface area contributed by atoms with Crippen LogP contribution in [0.15, 0.2) is 48.5 Å².